The van der Waals surface area contributed by atoms with E-state index in [1.165, 1.54) is 0 Å². The Hall–Kier alpha value is 0.0700. The van der Waals surface area contributed by atoms with Gasteiger partial charge in [0.2, 0.25) is 0 Å². The van der Waals surface area contributed by atoms with Gasteiger partial charge < -0.3 is 15.1 Å². The molecule has 12 heavy (non-hydrogen) atoms. The van der Waals surface area contributed by atoms with Crippen LogP contribution in [0.4, 0.5) is 0 Å². The minimum absolute atomic E-state index is 0.0904. The maximum atomic E-state index is 10.3. The standard InChI is InChI=1S/C6H14NO4P/c1-5-2-3-6(7-5)4-11-12(8,9)10/h5-7H,2-4H2,1H3,(H2,8,9,10)/t5-,6-/m0/s1. The van der Waals surface area contributed by atoms with Crippen molar-refractivity contribution in [3.63, 3.8) is 0 Å². The molecule has 1 saturated heterocycles. The first kappa shape index (κ1) is 10.2. The van der Waals surface area contributed by atoms with Crippen molar-refractivity contribution in [2.45, 2.75) is 31.8 Å². The molecule has 0 saturated carbocycles. The van der Waals surface area contributed by atoms with Crippen LogP contribution in [0.3, 0.4) is 0 Å². The topological polar surface area (TPSA) is 78.8 Å². The Morgan fingerprint density at radius 3 is 2.67 bits per heavy atom. The van der Waals surface area contributed by atoms with E-state index in [0.29, 0.717) is 6.04 Å². The van der Waals surface area contributed by atoms with Crippen molar-refractivity contribution in [2.75, 3.05) is 6.61 Å². The third-order valence-electron chi connectivity index (χ3n) is 1.91. The number of phosphoric ester groups is 1. The summed E-state index contributed by atoms with van der Waals surface area (Å²) in [7, 11) is -4.28. The third kappa shape index (κ3) is 3.65. The van der Waals surface area contributed by atoms with E-state index >= 15 is 0 Å². The average molecular weight is 195 g/mol. The summed E-state index contributed by atoms with van der Waals surface area (Å²) in [6, 6.07) is 0.517. The molecule has 0 unspecified atom stereocenters. The van der Waals surface area contributed by atoms with E-state index in [0.717, 1.165) is 12.8 Å². The summed E-state index contributed by atoms with van der Waals surface area (Å²) in [5, 5.41) is 3.16. The van der Waals surface area contributed by atoms with Crippen LogP contribution in [0.5, 0.6) is 0 Å². The highest BCUT2D eigenvalue weighted by Gasteiger charge is 2.23. The summed E-state index contributed by atoms with van der Waals surface area (Å²) in [5.74, 6) is 0. The Morgan fingerprint density at radius 1 is 1.58 bits per heavy atom. The van der Waals surface area contributed by atoms with E-state index in [9.17, 15) is 4.57 Å². The number of hydrogen-bond acceptors (Lipinski definition) is 3. The molecule has 1 fully saturated rings. The SMILES string of the molecule is C[C@H]1CC[C@@H](COP(=O)(O)O)N1. The molecule has 0 aromatic carbocycles. The summed E-state index contributed by atoms with van der Waals surface area (Å²) in [6.07, 6.45) is 1.95. The monoisotopic (exact) mass is 195 g/mol. The van der Waals surface area contributed by atoms with Gasteiger partial charge in [0.1, 0.15) is 0 Å². The first-order valence-electron chi connectivity index (χ1n) is 3.93. The van der Waals surface area contributed by atoms with Gasteiger partial charge in [0.15, 0.2) is 0 Å². The number of phosphoric acid groups is 1. The van der Waals surface area contributed by atoms with Crippen LogP contribution in [-0.4, -0.2) is 28.5 Å². The maximum absolute atomic E-state index is 10.3. The van der Waals surface area contributed by atoms with Gasteiger partial charge in [-0.3, -0.25) is 4.52 Å². The lowest BCUT2D eigenvalue weighted by molar-refractivity contribution is 0.180. The van der Waals surface area contributed by atoms with Gasteiger partial charge in [-0.1, -0.05) is 0 Å². The molecule has 6 heteroatoms. The Bertz CT molecular complexity index is 192. The molecule has 0 bridgehead atoms. The van der Waals surface area contributed by atoms with E-state index < -0.39 is 7.82 Å². The van der Waals surface area contributed by atoms with Gasteiger partial charge in [0, 0.05) is 12.1 Å². The molecule has 2 atom stereocenters. The van der Waals surface area contributed by atoms with Crippen molar-refractivity contribution in [3.05, 3.63) is 0 Å². The summed E-state index contributed by atoms with van der Waals surface area (Å²) in [5.41, 5.74) is 0. The predicted molar refractivity (Wildman–Crippen MR) is 43.6 cm³/mol. The zero-order valence-corrected chi connectivity index (χ0v) is 7.83. The lowest BCUT2D eigenvalue weighted by Crippen LogP contribution is -2.30. The van der Waals surface area contributed by atoms with Gasteiger partial charge in [-0.15, -0.1) is 0 Å². The Balaban J connectivity index is 2.21. The van der Waals surface area contributed by atoms with Crippen LogP contribution in [0.2, 0.25) is 0 Å². The molecular formula is C6H14NO4P. The van der Waals surface area contributed by atoms with Crippen molar-refractivity contribution in [2.24, 2.45) is 0 Å². The maximum Gasteiger partial charge on any atom is 0.469 e. The Morgan fingerprint density at radius 2 is 2.25 bits per heavy atom. The second-order valence-electron chi connectivity index (χ2n) is 3.13. The Kier molecular flexibility index (Phi) is 3.26. The summed E-state index contributed by atoms with van der Waals surface area (Å²) >= 11 is 0. The van der Waals surface area contributed by atoms with Gasteiger partial charge in [0.05, 0.1) is 6.61 Å². The molecule has 72 valence electrons. The van der Waals surface area contributed by atoms with Gasteiger partial charge in [-0.05, 0) is 19.8 Å². The molecular weight excluding hydrogens is 181 g/mol. The van der Waals surface area contributed by atoms with E-state index in [4.69, 9.17) is 9.79 Å². The first-order valence-corrected chi connectivity index (χ1v) is 5.46. The second-order valence-corrected chi connectivity index (χ2v) is 4.37. The Labute approximate surface area is 71.4 Å². The molecule has 1 heterocycles. The fraction of sp³-hybridized carbons (Fsp3) is 1.00. The molecule has 0 radical (unpaired) electrons. The van der Waals surface area contributed by atoms with Crippen LogP contribution >= 0.6 is 7.82 Å². The molecule has 0 amide bonds. The molecule has 1 rings (SSSR count). The number of hydrogen-bond donors (Lipinski definition) is 3. The largest absolute Gasteiger partial charge is 0.469 e. The van der Waals surface area contributed by atoms with Crippen molar-refractivity contribution in [1.82, 2.24) is 5.32 Å². The van der Waals surface area contributed by atoms with Crippen molar-refractivity contribution in [1.29, 1.82) is 0 Å². The van der Waals surface area contributed by atoms with Crippen molar-refractivity contribution in [3.8, 4) is 0 Å². The molecule has 5 nitrogen and oxygen atoms in total. The molecule has 0 spiro atoms. The van der Waals surface area contributed by atoms with E-state index in [-0.39, 0.29) is 12.6 Å². The highest BCUT2D eigenvalue weighted by atomic mass is 31.2. The normalized spacial score (nSPS) is 30.9. The number of rotatable bonds is 3. The number of nitrogens with one attached hydrogen (secondary N) is 1. The summed E-state index contributed by atoms with van der Waals surface area (Å²) in [4.78, 5) is 16.8. The minimum Gasteiger partial charge on any atom is -0.309 e. The van der Waals surface area contributed by atoms with Crippen LogP contribution in [0.1, 0.15) is 19.8 Å². The molecule has 0 aliphatic carbocycles. The quantitative estimate of drug-likeness (QED) is 0.562. The van der Waals surface area contributed by atoms with Crippen LogP contribution in [0.25, 0.3) is 0 Å². The van der Waals surface area contributed by atoms with Crippen molar-refractivity contribution >= 4 is 7.82 Å². The van der Waals surface area contributed by atoms with Crippen LogP contribution in [-0.2, 0) is 9.09 Å². The van der Waals surface area contributed by atoms with Gasteiger partial charge in [-0.2, -0.15) is 0 Å². The van der Waals surface area contributed by atoms with Gasteiger partial charge in [0.25, 0.3) is 0 Å². The summed E-state index contributed by atoms with van der Waals surface area (Å²) in [6.45, 7) is 2.13. The third-order valence-corrected chi connectivity index (χ3v) is 2.40. The van der Waals surface area contributed by atoms with Crippen LogP contribution < -0.4 is 5.32 Å². The smallest absolute Gasteiger partial charge is 0.309 e. The van der Waals surface area contributed by atoms with E-state index in [2.05, 4.69) is 9.84 Å². The molecule has 0 aromatic rings. The van der Waals surface area contributed by atoms with Crippen LogP contribution in [0, 0.1) is 0 Å². The predicted octanol–water partition coefficient (Wildman–Crippen LogP) is 0.236. The average Bonchev–Trinajstić information content (AvgIpc) is 2.30. The second kappa shape index (κ2) is 3.85. The lowest BCUT2D eigenvalue weighted by Gasteiger charge is -2.12. The molecule has 1 aliphatic rings. The first-order chi connectivity index (χ1) is 5.47. The fourth-order valence-electron chi connectivity index (χ4n) is 1.34. The van der Waals surface area contributed by atoms with Crippen LogP contribution in [0.15, 0.2) is 0 Å². The molecule has 0 aromatic heterocycles. The van der Waals surface area contributed by atoms with E-state index in [1.54, 1.807) is 0 Å². The molecule has 1 aliphatic heterocycles. The van der Waals surface area contributed by atoms with E-state index in [1.807, 2.05) is 6.92 Å². The zero-order valence-electron chi connectivity index (χ0n) is 6.93. The highest BCUT2D eigenvalue weighted by Crippen LogP contribution is 2.36. The lowest BCUT2D eigenvalue weighted by atomic mass is 10.2. The summed E-state index contributed by atoms with van der Waals surface area (Å²) < 4.78 is 14.7. The zero-order chi connectivity index (χ0) is 9.19. The van der Waals surface area contributed by atoms with Gasteiger partial charge in [-0.25, -0.2) is 4.57 Å². The fourth-order valence-corrected chi connectivity index (χ4v) is 1.71. The minimum atomic E-state index is -4.28. The highest BCUT2D eigenvalue weighted by molar-refractivity contribution is 7.46. The van der Waals surface area contributed by atoms with Crippen molar-refractivity contribution < 1.29 is 18.9 Å². The molecule has 3 N–H and O–H groups in total. The van der Waals surface area contributed by atoms with Gasteiger partial charge >= 0.3 is 7.82 Å².